The van der Waals surface area contributed by atoms with Crippen LogP contribution in [0.3, 0.4) is 0 Å². The quantitative estimate of drug-likeness (QED) is 0.900. The summed E-state index contributed by atoms with van der Waals surface area (Å²) in [5.41, 5.74) is 8.23. The van der Waals surface area contributed by atoms with Crippen molar-refractivity contribution >= 4 is 5.88 Å². The highest BCUT2D eigenvalue weighted by molar-refractivity contribution is 5.69. The van der Waals surface area contributed by atoms with Gasteiger partial charge in [0.2, 0.25) is 5.88 Å². The summed E-state index contributed by atoms with van der Waals surface area (Å²) >= 11 is 0. The van der Waals surface area contributed by atoms with Crippen molar-refractivity contribution < 1.29 is 14.0 Å². The molecule has 0 atom stereocenters. The number of nitrogen functional groups attached to an aromatic ring is 1. The summed E-state index contributed by atoms with van der Waals surface area (Å²) in [5.74, 6) is 1.76. The predicted molar refractivity (Wildman–Crippen MR) is 68.8 cm³/mol. The lowest BCUT2D eigenvalue weighted by atomic mass is 10.1. The largest absolute Gasteiger partial charge is 0.497 e. The topological polar surface area (TPSA) is 70.5 Å². The Hall–Kier alpha value is -2.17. The van der Waals surface area contributed by atoms with Crippen molar-refractivity contribution in [1.82, 2.24) is 5.16 Å². The first-order valence-corrected chi connectivity index (χ1v) is 5.67. The van der Waals surface area contributed by atoms with E-state index in [0.717, 1.165) is 23.2 Å². The summed E-state index contributed by atoms with van der Waals surface area (Å²) in [5, 5.41) is 4.00. The van der Waals surface area contributed by atoms with Gasteiger partial charge in [0.25, 0.3) is 0 Å². The van der Waals surface area contributed by atoms with Crippen molar-refractivity contribution in [1.29, 1.82) is 0 Å². The summed E-state index contributed by atoms with van der Waals surface area (Å²) < 4.78 is 15.5. The molecule has 0 radical (unpaired) electrons. The molecule has 2 N–H and O–H groups in total. The van der Waals surface area contributed by atoms with Crippen molar-refractivity contribution in [2.45, 2.75) is 13.3 Å². The van der Waals surface area contributed by atoms with Gasteiger partial charge in [-0.2, -0.15) is 0 Å². The Labute approximate surface area is 105 Å². The SMILES string of the molecule is CCc1c(-c2cc(OC)cc(OC)c2)noc1N. The number of anilines is 1. The van der Waals surface area contributed by atoms with E-state index in [0.29, 0.717) is 17.4 Å². The first-order chi connectivity index (χ1) is 8.69. The number of nitrogens with two attached hydrogens (primary N) is 1. The Morgan fingerprint density at radius 3 is 2.28 bits per heavy atom. The Balaban J connectivity index is 2.55. The van der Waals surface area contributed by atoms with E-state index >= 15 is 0 Å². The zero-order valence-corrected chi connectivity index (χ0v) is 10.7. The average Bonchev–Trinajstić information content (AvgIpc) is 2.79. The molecular weight excluding hydrogens is 232 g/mol. The number of ether oxygens (including phenoxy) is 2. The van der Waals surface area contributed by atoms with E-state index in [1.54, 1.807) is 20.3 Å². The molecule has 0 aliphatic carbocycles. The van der Waals surface area contributed by atoms with Crippen LogP contribution in [-0.2, 0) is 6.42 Å². The van der Waals surface area contributed by atoms with Gasteiger partial charge >= 0.3 is 0 Å². The molecule has 2 aromatic rings. The predicted octanol–water partition coefficient (Wildman–Crippen LogP) is 2.50. The monoisotopic (exact) mass is 248 g/mol. The maximum absolute atomic E-state index is 5.74. The van der Waals surface area contributed by atoms with Gasteiger partial charge < -0.3 is 19.7 Å². The standard InChI is InChI=1S/C13H16N2O3/c1-4-11-12(15-18-13(11)14)8-5-9(16-2)7-10(6-8)17-3/h5-7H,4,14H2,1-3H3. The van der Waals surface area contributed by atoms with Crippen molar-refractivity contribution in [3.05, 3.63) is 23.8 Å². The number of hydrogen-bond acceptors (Lipinski definition) is 5. The lowest BCUT2D eigenvalue weighted by molar-refractivity contribution is 0.394. The van der Waals surface area contributed by atoms with Crippen molar-refractivity contribution in [3.8, 4) is 22.8 Å². The zero-order chi connectivity index (χ0) is 13.1. The van der Waals surface area contributed by atoms with Crippen molar-refractivity contribution in [2.24, 2.45) is 0 Å². The van der Waals surface area contributed by atoms with Crippen LogP contribution in [0.2, 0.25) is 0 Å². The van der Waals surface area contributed by atoms with Gasteiger partial charge in [-0.05, 0) is 18.6 Å². The molecule has 0 spiro atoms. The van der Waals surface area contributed by atoms with Gasteiger partial charge in [0.15, 0.2) is 0 Å². The first kappa shape index (κ1) is 12.3. The first-order valence-electron chi connectivity index (χ1n) is 5.67. The third-order valence-corrected chi connectivity index (χ3v) is 2.80. The lowest BCUT2D eigenvalue weighted by Gasteiger charge is -2.07. The lowest BCUT2D eigenvalue weighted by Crippen LogP contribution is -1.92. The van der Waals surface area contributed by atoms with Crippen LogP contribution in [0.25, 0.3) is 11.3 Å². The average molecular weight is 248 g/mol. The molecule has 1 aromatic heterocycles. The van der Waals surface area contributed by atoms with Gasteiger partial charge in [-0.3, -0.25) is 0 Å². The summed E-state index contributed by atoms with van der Waals surface area (Å²) in [4.78, 5) is 0. The molecule has 5 heteroatoms. The highest BCUT2D eigenvalue weighted by Crippen LogP contribution is 2.33. The molecule has 0 fully saturated rings. The van der Waals surface area contributed by atoms with Gasteiger partial charge in [0.05, 0.1) is 14.2 Å². The van der Waals surface area contributed by atoms with Crippen molar-refractivity contribution in [2.75, 3.05) is 20.0 Å². The minimum Gasteiger partial charge on any atom is -0.497 e. The van der Waals surface area contributed by atoms with Crippen LogP contribution in [0, 0.1) is 0 Å². The maximum atomic E-state index is 5.74. The molecule has 2 rings (SSSR count). The Morgan fingerprint density at radius 2 is 1.78 bits per heavy atom. The van der Waals surface area contributed by atoms with Gasteiger partial charge in [-0.1, -0.05) is 12.1 Å². The fraction of sp³-hybridized carbons (Fsp3) is 0.308. The van der Waals surface area contributed by atoms with Crippen LogP contribution in [0.1, 0.15) is 12.5 Å². The molecule has 0 saturated carbocycles. The van der Waals surface area contributed by atoms with E-state index in [9.17, 15) is 0 Å². The highest BCUT2D eigenvalue weighted by Gasteiger charge is 2.15. The third kappa shape index (κ3) is 2.11. The highest BCUT2D eigenvalue weighted by atomic mass is 16.5. The fourth-order valence-corrected chi connectivity index (χ4v) is 1.83. The van der Waals surface area contributed by atoms with Crippen LogP contribution in [0.5, 0.6) is 11.5 Å². The molecule has 0 aliphatic heterocycles. The zero-order valence-electron chi connectivity index (χ0n) is 10.7. The Bertz CT molecular complexity index is 527. The van der Waals surface area contributed by atoms with Gasteiger partial charge in [-0.25, -0.2) is 0 Å². The summed E-state index contributed by atoms with van der Waals surface area (Å²) in [6, 6.07) is 5.55. The number of aromatic nitrogens is 1. The molecule has 0 saturated heterocycles. The minimum atomic E-state index is 0.356. The van der Waals surface area contributed by atoms with E-state index in [2.05, 4.69) is 5.16 Å². The minimum absolute atomic E-state index is 0.356. The molecule has 96 valence electrons. The molecule has 0 bridgehead atoms. The van der Waals surface area contributed by atoms with Crippen LogP contribution >= 0.6 is 0 Å². The number of methoxy groups -OCH3 is 2. The normalized spacial score (nSPS) is 10.4. The Kier molecular flexibility index (Phi) is 3.41. The van der Waals surface area contributed by atoms with Gasteiger partial charge in [0.1, 0.15) is 17.2 Å². The molecule has 0 amide bonds. The number of rotatable bonds is 4. The Morgan fingerprint density at radius 1 is 1.17 bits per heavy atom. The number of hydrogen-bond donors (Lipinski definition) is 1. The van der Waals surface area contributed by atoms with E-state index < -0.39 is 0 Å². The second kappa shape index (κ2) is 5.00. The van der Waals surface area contributed by atoms with E-state index in [1.807, 2.05) is 19.1 Å². The van der Waals surface area contributed by atoms with Crippen LogP contribution in [0.15, 0.2) is 22.7 Å². The summed E-state index contributed by atoms with van der Waals surface area (Å²) in [7, 11) is 3.22. The van der Waals surface area contributed by atoms with E-state index in [4.69, 9.17) is 19.7 Å². The maximum Gasteiger partial charge on any atom is 0.225 e. The third-order valence-electron chi connectivity index (χ3n) is 2.80. The molecule has 18 heavy (non-hydrogen) atoms. The molecular formula is C13H16N2O3. The molecule has 1 aromatic carbocycles. The summed E-state index contributed by atoms with van der Waals surface area (Å²) in [6.07, 6.45) is 0.754. The van der Waals surface area contributed by atoms with Gasteiger partial charge in [-0.15, -0.1) is 0 Å². The fourth-order valence-electron chi connectivity index (χ4n) is 1.83. The summed E-state index contributed by atoms with van der Waals surface area (Å²) in [6.45, 7) is 2.00. The van der Waals surface area contributed by atoms with Crippen LogP contribution in [-0.4, -0.2) is 19.4 Å². The molecule has 5 nitrogen and oxygen atoms in total. The molecule has 1 heterocycles. The number of nitrogens with zero attached hydrogens (tertiary/aromatic N) is 1. The molecule has 0 aliphatic rings. The number of benzene rings is 1. The van der Waals surface area contributed by atoms with E-state index in [1.165, 1.54) is 0 Å². The van der Waals surface area contributed by atoms with Crippen LogP contribution in [0.4, 0.5) is 5.88 Å². The molecule has 0 unspecified atom stereocenters. The second-order valence-corrected chi connectivity index (χ2v) is 3.83. The van der Waals surface area contributed by atoms with Crippen LogP contribution < -0.4 is 15.2 Å². The van der Waals surface area contributed by atoms with E-state index in [-0.39, 0.29) is 0 Å². The van der Waals surface area contributed by atoms with Crippen molar-refractivity contribution in [3.63, 3.8) is 0 Å². The second-order valence-electron chi connectivity index (χ2n) is 3.83. The smallest absolute Gasteiger partial charge is 0.225 e. The van der Waals surface area contributed by atoms with Gasteiger partial charge in [0, 0.05) is 17.2 Å².